The zero-order valence-corrected chi connectivity index (χ0v) is 24.3. The number of nitrogens with two attached hydrogens (primary N) is 3. The molecule has 4 heterocycles. The molecule has 1 aromatic carbocycles. The van der Waals surface area contributed by atoms with E-state index in [9.17, 15) is 14.4 Å². The van der Waals surface area contributed by atoms with Crippen LogP contribution in [0.1, 0.15) is 21.6 Å². The molecule has 0 aliphatic carbocycles. The predicted octanol–water partition coefficient (Wildman–Crippen LogP) is 1.13. The van der Waals surface area contributed by atoms with E-state index in [2.05, 4.69) is 25.5 Å². The molecule has 2 aliphatic heterocycles. The summed E-state index contributed by atoms with van der Waals surface area (Å²) in [5, 5.41) is 12.5. The minimum absolute atomic E-state index is 0.127. The highest BCUT2D eigenvalue weighted by Crippen LogP contribution is 2.41. The first kappa shape index (κ1) is 29.4. The van der Waals surface area contributed by atoms with E-state index in [0.717, 1.165) is 16.9 Å². The second kappa shape index (κ2) is 12.8. The number of carbonyl (C=O) groups excluding carboxylic acids is 3. The van der Waals surface area contributed by atoms with Crippen molar-refractivity contribution in [1.82, 2.24) is 25.3 Å². The van der Waals surface area contributed by atoms with Crippen molar-refractivity contribution in [2.45, 2.75) is 11.4 Å². The summed E-state index contributed by atoms with van der Waals surface area (Å²) in [6, 6.07) is 11.1. The third-order valence-corrected chi connectivity index (χ3v) is 8.27. The second-order valence-corrected chi connectivity index (χ2v) is 11.0. The maximum absolute atomic E-state index is 13.5. The normalized spacial score (nSPS) is 18.7. The largest absolute Gasteiger partial charge is 0.398 e. The summed E-state index contributed by atoms with van der Waals surface area (Å²) in [5.41, 5.74) is 14.3. The lowest BCUT2D eigenvalue weighted by Crippen LogP contribution is -2.71. The fraction of sp³-hybridized carbons (Fsp3) is 0.148. The highest BCUT2D eigenvalue weighted by atomic mass is 32.2. The molecule has 2 aromatic heterocycles. The minimum atomic E-state index is -0.915. The van der Waals surface area contributed by atoms with E-state index < -0.39 is 29.1 Å². The first-order chi connectivity index (χ1) is 20.8. The van der Waals surface area contributed by atoms with E-state index >= 15 is 0 Å². The Morgan fingerprint density at radius 2 is 2.00 bits per heavy atom. The van der Waals surface area contributed by atoms with Crippen LogP contribution in [-0.2, 0) is 14.4 Å². The molecule has 16 heteroatoms. The van der Waals surface area contributed by atoms with E-state index in [1.54, 1.807) is 60.2 Å². The van der Waals surface area contributed by atoms with Crippen molar-refractivity contribution in [3.8, 4) is 0 Å². The smallest absolute Gasteiger partial charge is 0.288 e. The number of hydrazone groups is 1. The number of anilines is 1. The summed E-state index contributed by atoms with van der Waals surface area (Å²) in [5.74, 6) is 4.52. The minimum Gasteiger partial charge on any atom is -0.398 e. The lowest BCUT2D eigenvalue weighted by atomic mass is 10.0. The molecule has 43 heavy (non-hydrogen) atoms. The zero-order valence-electron chi connectivity index (χ0n) is 22.7. The van der Waals surface area contributed by atoms with Gasteiger partial charge < -0.3 is 21.6 Å². The van der Waals surface area contributed by atoms with Gasteiger partial charge in [-0.15, -0.1) is 28.2 Å². The van der Waals surface area contributed by atoms with Crippen molar-refractivity contribution in [2.24, 2.45) is 21.8 Å². The Morgan fingerprint density at radius 1 is 1.21 bits per heavy atom. The fourth-order valence-electron chi connectivity index (χ4n) is 4.31. The number of pyridine rings is 1. The van der Waals surface area contributed by atoms with Gasteiger partial charge in [0.1, 0.15) is 24.2 Å². The number of amides is 3. The van der Waals surface area contributed by atoms with Crippen LogP contribution in [0, 0.1) is 0 Å². The molecule has 3 amide bonds. The number of nitrogens with one attached hydrogen (secondary N) is 1. The number of hydrogen-bond donors (Lipinski definition) is 4. The van der Waals surface area contributed by atoms with Crippen molar-refractivity contribution in [3.63, 3.8) is 0 Å². The number of aromatic nitrogens is 2. The molecule has 2 unspecified atom stereocenters. The number of nitrogen functional groups attached to an aromatic ring is 1. The second-order valence-electron chi connectivity index (χ2n) is 9.05. The van der Waals surface area contributed by atoms with Crippen LogP contribution in [-0.4, -0.2) is 73.5 Å². The molecule has 220 valence electrons. The number of thioether (sulfide) groups is 1. The summed E-state index contributed by atoms with van der Waals surface area (Å²) in [6.07, 6.45) is 6.96. The Balaban J connectivity index is 1.43. The molecule has 1 saturated heterocycles. The molecule has 3 aromatic rings. The average molecular weight is 619 g/mol. The number of β-lactam (4-membered cyclic amide) rings is 1. The molecule has 2 atom stereocenters. The van der Waals surface area contributed by atoms with Crippen molar-refractivity contribution < 1.29 is 19.2 Å². The predicted molar refractivity (Wildman–Crippen MR) is 164 cm³/mol. The SMILES string of the molecule is CO/N=C(\C(=O)NC1C(=O)N2C(C(/N)=N/N(N)C(=O)c3ccccc3)=C(/C=C\c3cccnc3)CSC12)c1csc(N)n1. The number of carbonyl (C=O) groups is 3. The summed E-state index contributed by atoms with van der Waals surface area (Å²) in [6.45, 7) is 0. The zero-order chi connectivity index (χ0) is 30.5. The van der Waals surface area contributed by atoms with E-state index in [-0.39, 0.29) is 28.1 Å². The number of allylic oxidation sites excluding steroid dienone is 1. The maximum Gasteiger partial charge on any atom is 0.288 e. The monoisotopic (exact) mass is 618 g/mol. The van der Waals surface area contributed by atoms with Gasteiger partial charge in [-0.05, 0) is 29.3 Å². The van der Waals surface area contributed by atoms with Crippen LogP contribution < -0.4 is 22.6 Å². The summed E-state index contributed by atoms with van der Waals surface area (Å²) >= 11 is 2.55. The van der Waals surface area contributed by atoms with E-state index in [1.165, 1.54) is 23.8 Å². The number of fused-ring (bicyclic) bond motifs is 1. The van der Waals surface area contributed by atoms with Crippen LogP contribution in [0.25, 0.3) is 6.08 Å². The fourth-order valence-corrected chi connectivity index (χ4v) is 6.18. The molecule has 14 nitrogen and oxygen atoms in total. The van der Waals surface area contributed by atoms with Gasteiger partial charge in [-0.25, -0.2) is 10.8 Å². The molecule has 2 aliphatic rings. The number of thiazole rings is 1. The van der Waals surface area contributed by atoms with Crippen molar-refractivity contribution >= 4 is 63.6 Å². The van der Waals surface area contributed by atoms with Gasteiger partial charge in [0.25, 0.3) is 17.7 Å². The molecular weight excluding hydrogens is 592 g/mol. The highest BCUT2D eigenvalue weighted by Gasteiger charge is 2.53. The number of hydrogen-bond acceptors (Lipinski definition) is 12. The van der Waals surface area contributed by atoms with Gasteiger partial charge >= 0.3 is 0 Å². The van der Waals surface area contributed by atoms with Crippen LogP contribution in [0.4, 0.5) is 5.13 Å². The third kappa shape index (κ3) is 6.25. The molecule has 5 rings (SSSR count). The summed E-state index contributed by atoms with van der Waals surface area (Å²) < 4.78 is 0. The molecule has 0 spiro atoms. The van der Waals surface area contributed by atoms with Crippen LogP contribution >= 0.6 is 23.1 Å². The Hall–Kier alpha value is -5.06. The molecule has 7 N–H and O–H groups in total. The standard InChI is InChI=1S/C27H26N10O4S2/c1-41-35-19(18-14-43-27(29)32-18)23(38)33-20-25(40)36-21(22(28)34-37(30)24(39)16-7-3-2-4-8-16)17(13-42-26(20)36)10-9-15-6-5-11-31-12-15/h2-12,14,20,26H,13,30H2,1H3,(H2,28,34)(H2,29,32)(H,33,38)/b10-9-,35-19-. The van der Waals surface area contributed by atoms with Crippen LogP contribution in [0.3, 0.4) is 0 Å². The number of hydrazine groups is 1. The van der Waals surface area contributed by atoms with Gasteiger partial charge in [0, 0.05) is 29.1 Å². The van der Waals surface area contributed by atoms with E-state index in [0.29, 0.717) is 22.0 Å². The van der Waals surface area contributed by atoms with Gasteiger partial charge in [0.2, 0.25) is 0 Å². The molecule has 1 fully saturated rings. The molecular formula is C27H26N10O4S2. The van der Waals surface area contributed by atoms with Gasteiger partial charge in [0.15, 0.2) is 16.7 Å². The number of rotatable bonds is 9. The lowest BCUT2D eigenvalue weighted by Gasteiger charge is -2.50. The topological polar surface area (TPSA) is 208 Å². The summed E-state index contributed by atoms with van der Waals surface area (Å²) in [4.78, 5) is 53.9. The molecule has 0 radical (unpaired) electrons. The Kier molecular flexibility index (Phi) is 8.79. The van der Waals surface area contributed by atoms with Crippen molar-refractivity contribution in [1.29, 1.82) is 0 Å². The maximum atomic E-state index is 13.5. The van der Waals surface area contributed by atoms with Crippen molar-refractivity contribution in [3.05, 3.63) is 94.4 Å². The lowest BCUT2D eigenvalue weighted by molar-refractivity contribution is -0.144. The third-order valence-electron chi connectivity index (χ3n) is 6.29. The summed E-state index contributed by atoms with van der Waals surface area (Å²) in [7, 11) is 1.29. The van der Waals surface area contributed by atoms with Gasteiger partial charge in [0.05, 0.1) is 5.70 Å². The number of nitrogens with zero attached hydrogens (tertiary/aromatic N) is 6. The van der Waals surface area contributed by atoms with Crippen LogP contribution in [0.2, 0.25) is 0 Å². The highest BCUT2D eigenvalue weighted by molar-refractivity contribution is 8.00. The van der Waals surface area contributed by atoms with Crippen LogP contribution in [0.15, 0.2) is 87.8 Å². The number of benzene rings is 1. The Morgan fingerprint density at radius 3 is 2.67 bits per heavy atom. The quantitative estimate of drug-likeness (QED) is 0.0671. The first-order valence-corrected chi connectivity index (χ1v) is 14.6. The van der Waals surface area contributed by atoms with Gasteiger partial charge in [-0.1, -0.05) is 41.6 Å². The Labute approximate surface area is 253 Å². The van der Waals surface area contributed by atoms with E-state index in [4.69, 9.17) is 22.1 Å². The van der Waals surface area contributed by atoms with Crippen molar-refractivity contribution in [2.75, 3.05) is 18.6 Å². The molecule has 0 bridgehead atoms. The first-order valence-electron chi connectivity index (χ1n) is 12.7. The number of amidine groups is 1. The van der Waals surface area contributed by atoms with E-state index in [1.807, 2.05) is 12.1 Å². The Bertz CT molecular complexity index is 1660. The van der Waals surface area contributed by atoms with Crippen LogP contribution in [0.5, 0.6) is 0 Å². The number of oxime groups is 1. The van der Waals surface area contributed by atoms with Gasteiger partial charge in [-0.2, -0.15) is 5.12 Å². The molecule has 0 saturated carbocycles. The van der Waals surface area contributed by atoms with Gasteiger partial charge in [-0.3, -0.25) is 24.3 Å². The average Bonchev–Trinajstić information content (AvgIpc) is 3.46.